The van der Waals surface area contributed by atoms with Gasteiger partial charge in [0.05, 0.1) is 5.69 Å². The second-order valence-corrected chi connectivity index (χ2v) is 3.01. The number of carboxylic acids is 1. The summed E-state index contributed by atoms with van der Waals surface area (Å²) in [5, 5.41) is 11.5. The number of amides is 1. The van der Waals surface area contributed by atoms with Gasteiger partial charge in [-0.3, -0.25) is 4.79 Å². The molecule has 1 amide bonds. The van der Waals surface area contributed by atoms with Gasteiger partial charge in [-0.1, -0.05) is 18.2 Å². The van der Waals surface area contributed by atoms with E-state index in [-0.39, 0.29) is 0 Å². The second-order valence-electron chi connectivity index (χ2n) is 3.01. The first-order valence-electron chi connectivity index (χ1n) is 4.29. The van der Waals surface area contributed by atoms with Gasteiger partial charge in [0.2, 0.25) is 0 Å². The summed E-state index contributed by atoms with van der Waals surface area (Å²) in [6, 6.07) is 7.29. The van der Waals surface area contributed by atoms with E-state index in [9.17, 15) is 9.59 Å². The van der Waals surface area contributed by atoms with Gasteiger partial charge in [-0.15, -0.1) is 0 Å². The number of fused-ring (bicyclic) bond motifs is 1. The van der Waals surface area contributed by atoms with Crippen LogP contribution in [0.4, 0.5) is 5.69 Å². The van der Waals surface area contributed by atoms with E-state index in [1.807, 2.05) is 18.2 Å². The van der Waals surface area contributed by atoms with Crippen LogP contribution in [0, 0.1) is 0 Å². The number of aromatic nitrogens is 1. The first-order chi connectivity index (χ1) is 7.18. The molecule has 0 unspecified atom stereocenters. The summed E-state index contributed by atoms with van der Waals surface area (Å²) < 4.78 is 0. The van der Waals surface area contributed by atoms with E-state index in [0.717, 1.165) is 10.9 Å². The van der Waals surface area contributed by atoms with Gasteiger partial charge in [0.1, 0.15) is 0 Å². The lowest BCUT2D eigenvalue weighted by atomic mass is 10.2. The topological polar surface area (TPSA) is 82.2 Å². The van der Waals surface area contributed by atoms with E-state index in [0.29, 0.717) is 5.69 Å². The number of hydrogen-bond donors (Lipinski definition) is 3. The minimum Gasteiger partial charge on any atom is -0.474 e. The molecule has 0 aliphatic carbocycles. The normalized spacial score (nSPS) is 10.1. The van der Waals surface area contributed by atoms with E-state index in [1.165, 1.54) is 0 Å². The van der Waals surface area contributed by atoms with Crippen LogP contribution in [0.15, 0.2) is 30.5 Å². The molecule has 76 valence electrons. The van der Waals surface area contributed by atoms with Gasteiger partial charge in [-0.05, 0) is 6.07 Å². The first kappa shape index (κ1) is 9.26. The zero-order valence-electron chi connectivity index (χ0n) is 7.65. The maximum Gasteiger partial charge on any atom is 0.394 e. The van der Waals surface area contributed by atoms with Gasteiger partial charge in [-0.25, -0.2) is 4.79 Å². The van der Waals surface area contributed by atoms with E-state index < -0.39 is 11.9 Å². The molecule has 1 aromatic carbocycles. The number of carbonyl (C=O) groups excluding carboxylic acids is 1. The van der Waals surface area contributed by atoms with E-state index in [2.05, 4.69) is 10.3 Å². The van der Waals surface area contributed by atoms with Crippen LogP contribution in [0.1, 0.15) is 0 Å². The van der Waals surface area contributed by atoms with E-state index in [4.69, 9.17) is 5.11 Å². The van der Waals surface area contributed by atoms with Crippen molar-refractivity contribution in [2.45, 2.75) is 0 Å². The third-order valence-corrected chi connectivity index (χ3v) is 2.03. The third kappa shape index (κ3) is 1.67. The second kappa shape index (κ2) is 3.45. The van der Waals surface area contributed by atoms with Crippen molar-refractivity contribution in [3.05, 3.63) is 30.5 Å². The van der Waals surface area contributed by atoms with Crippen molar-refractivity contribution in [2.24, 2.45) is 0 Å². The summed E-state index contributed by atoms with van der Waals surface area (Å²) in [4.78, 5) is 24.2. The number of aromatic amines is 1. The van der Waals surface area contributed by atoms with Crippen LogP contribution in [0.3, 0.4) is 0 Å². The van der Waals surface area contributed by atoms with Crippen molar-refractivity contribution in [3.63, 3.8) is 0 Å². The summed E-state index contributed by atoms with van der Waals surface area (Å²) >= 11 is 0. The van der Waals surface area contributed by atoms with Crippen LogP contribution in [-0.2, 0) is 9.59 Å². The molecule has 5 heteroatoms. The number of hydrogen-bond acceptors (Lipinski definition) is 2. The lowest BCUT2D eigenvalue weighted by molar-refractivity contribution is -0.147. The highest BCUT2D eigenvalue weighted by molar-refractivity contribution is 6.37. The van der Waals surface area contributed by atoms with E-state index in [1.54, 1.807) is 12.3 Å². The molecule has 0 atom stereocenters. The zero-order valence-corrected chi connectivity index (χ0v) is 7.65. The maximum absolute atomic E-state index is 10.9. The Bertz CT molecular complexity index is 530. The number of benzene rings is 1. The van der Waals surface area contributed by atoms with Gasteiger partial charge in [-0.2, -0.15) is 0 Å². The number of rotatable bonds is 1. The average Bonchev–Trinajstić information content (AvgIpc) is 2.62. The summed E-state index contributed by atoms with van der Waals surface area (Å²) in [5.74, 6) is -2.54. The fourth-order valence-corrected chi connectivity index (χ4v) is 1.35. The minimum atomic E-state index is -1.50. The average molecular weight is 204 g/mol. The number of carboxylic acid groups (broad SMARTS) is 1. The van der Waals surface area contributed by atoms with Gasteiger partial charge >= 0.3 is 11.9 Å². The molecule has 5 nitrogen and oxygen atoms in total. The van der Waals surface area contributed by atoms with Crippen LogP contribution < -0.4 is 5.32 Å². The van der Waals surface area contributed by atoms with E-state index >= 15 is 0 Å². The number of H-pyrrole nitrogens is 1. The molecule has 0 aliphatic rings. The largest absolute Gasteiger partial charge is 0.474 e. The fraction of sp³-hybridized carbons (Fsp3) is 0. The smallest absolute Gasteiger partial charge is 0.394 e. The molecule has 0 fully saturated rings. The summed E-state index contributed by atoms with van der Waals surface area (Å²) in [6.07, 6.45) is 1.56. The van der Waals surface area contributed by atoms with Crippen molar-refractivity contribution >= 4 is 28.5 Å². The van der Waals surface area contributed by atoms with Crippen LogP contribution in [-0.4, -0.2) is 22.0 Å². The van der Waals surface area contributed by atoms with Gasteiger partial charge in [0.25, 0.3) is 0 Å². The molecule has 15 heavy (non-hydrogen) atoms. The highest BCUT2D eigenvalue weighted by Gasteiger charge is 2.13. The van der Waals surface area contributed by atoms with Crippen LogP contribution in [0.5, 0.6) is 0 Å². The lowest BCUT2D eigenvalue weighted by Crippen LogP contribution is -2.21. The molecule has 3 N–H and O–H groups in total. The van der Waals surface area contributed by atoms with Crippen LogP contribution in [0.2, 0.25) is 0 Å². The summed E-state index contributed by atoms with van der Waals surface area (Å²) in [6.45, 7) is 0. The highest BCUT2D eigenvalue weighted by atomic mass is 16.4. The fourth-order valence-electron chi connectivity index (χ4n) is 1.35. The van der Waals surface area contributed by atoms with Crippen molar-refractivity contribution in [3.8, 4) is 0 Å². The Morgan fingerprint density at radius 2 is 2.00 bits per heavy atom. The number of aliphatic carboxylic acids is 1. The minimum absolute atomic E-state index is 0.470. The molecular weight excluding hydrogens is 196 g/mol. The Morgan fingerprint density at radius 1 is 1.27 bits per heavy atom. The van der Waals surface area contributed by atoms with Gasteiger partial charge < -0.3 is 15.4 Å². The summed E-state index contributed by atoms with van der Waals surface area (Å²) in [7, 11) is 0. The molecule has 1 heterocycles. The predicted octanol–water partition coefficient (Wildman–Crippen LogP) is 1.19. The molecule has 2 rings (SSSR count). The molecule has 0 bridgehead atoms. The Labute approximate surface area is 84.7 Å². The SMILES string of the molecule is O=C(O)C(=O)Nc1c[nH]c2ccccc12. The van der Waals surface area contributed by atoms with Gasteiger partial charge in [0, 0.05) is 17.1 Å². The van der Waals surface area contributed by atoms with Gasteiger partial charge in [0.15, 0.2) is 0 Å². The molecule has 0 saturated heterocycles. The highest BCUT2D eigenvalue weighted by Crippen LogP contribution is 2.22. The molecule has 0 spiro atoms. The number of para-hydroxylation sites is 1. The quantitative estimate of drug-likeness (QED) is 0.610. The molecule has 0 aliphatic heterocycles. The zero-order chi connectivity index (χ0) is 10.8. The number of anilines is 1. The molecule has 0 radical (unpaired) electrons. The Kier molecular flexibility index (Phi) is 2.13. The lowest BCUT2D eigenvalue weighted by Gasteiger charge is -1.98. The van der Waals surface area contributed by atoms with Crippen LogP contribution in [0.25, 0.3) is 10.9 Å². The molecule has 0 saturated carbocycles. The Morgan fingerprint density at radius 3 is 2.73 bits per heavy atom. The number of nitrogens with one attached hydrogen (secondary N) is 2. The van der Waals surface area contributed by atoms with Crippen molar-refractivity contribution in [1.82, 2.24) is 4.98 Å². The van der Waals surface area contributed by atoms with Crippen LogP contribution >= 0.6 is 0 Å². The van der Waals surface area contributed by atoms with Crippen molar-refractivity contribution < 1.29 is 14.7 Å². The van der Waals surface area contributed by atoms with Crippen molar-refractivity contribution in [2.75, 3.05) is 5.32 Å². The monoisotopic (exact) mass is 204 g/mol. The maximum atomic E-state index is 10.9. The molecular formula is C10H8N2O3. The predicted molar refractivity (Wildman–Crippen MR) is 54.6 cm³/mol. The summed E-state index contributed by atoms with van der Waals surface area (Å²) in [5.41, 5.74) is 1.32. The molecule has 2 aromatic rings. The standard InChI is InChI=1S/C10H8N2O3/c13-9(10(14)15)12-8-5-11-7-4-2-1-3-6(7)8/h1-5,11H,(H,12,13)(H,14,15). The third-order valence-electron chi connectivity index (χ3n) is 2.03. The number of carbonyl (C=O) groups is 2. The molecule has 1 aromatic heterocycles. The Hall–Kier alpha value is -2.30. The first-order valence-corrected chi connectivity index (χ1v) is 4.29. The van der Waals surface area contributed by atoms with Crippen molar-refractivity contribution in [1.29, 1.82) is 0 Å². The Balaban J connectivity index is 2.37.